The van der Waals surface area contributed by atoms with Gasteiger partial charge in [0.25, 0.3) is 0 Å². The summed E-state index contributed by atoms with van der Waals surface area (Å²) in [7, 11) is 0. The molecule has 1 N–H and O–H groups in total. The Bertz CT molecular complexity index is 978. The predicted molar refractivity (Wildman–Crippen MR) is 121 cm³/mol. The summed E-state index contributed by atoms with van der Waals surface area (Å²) in [6.07, 6.45) is 2.45. The Balaban J connectivity index is 1.76. The number of pyridine rings is 1. The Morgan fingerprint density at radius 1 is 1.29 bits per heavy atom. The van der Waals surface area contributed by atoms with Gasteiger partial charge < -0.3 is 19.9 Å². The second-order valence-corrected chi connectivity index (χ2v) is 8.23. The third kappa shape index (κ3) is 4.08. The van der Waals surface area contributed by atoms with Crippen LogP contribution in [-0.4, -0.2) is 43.2 Å². The Hall–Kier alpha value is -3.11. The summed E-state index contributed by atoms with van der Waals surface area (Å²) in [5.41, 5.74) is 3.74. The van der Waals surface area contributed by atoms with E-state index >= 15 is 0 Å². The predicted octanol–water partition coefficient (Wildman–Crippen LogP) is 3.72. The van der Waals surface area contributed by atoms with E-state index in [2.05, 4.69) is 53.3 Å². The minimum Gasteiger partial charge on any atom is -0.378 e. The first kappa shape index (κ1) is 21.1. The van der Waals surface area contributed by atoms with Crippen molar-refractivity contribution in [2.75, 3.05) is 41.4 Å². The SMILES string of the molecule is CC[C@H]1[C@H](C)[C@@H](Nc2ccc(C#N)cn2)c2cc(N3CCOCC3)ccc2N1C(C)=O. The summed E-state index contributed by atoms with van der Waals surface area (Å²) in [4.78, 5) is 21.3. The van der Waals surface area contributed by atoms with Crippen molar-refractivity contribution in [3.8, 4) is 6.07 Å². The molecule has 4 rings (SSSR count). The number of rotatable bonds is 4. The van der Waals surface area contributed by atoms with E-state index in [1.54, 1.807) is 19.2 Å². The van der Waals surface area contributed by atoms with Crippen LogP contribution in [-0.2, 0) is 9.53 Å². The van der Waals surface area contributed by atoms with E-state index < -0.39 is 0 Å². The zero-order chi connectivity index (χ0) is 22.0. The van der Waals surface area contributed by atoms with Crippen LogP contribution in [0.15, 0.2) is 36.5 Å². The molecule has 0 aliphatic carbocycles. The van der Waals surface area contributed by atoms with Crippen LogP contribution < -0.4 is 15.1 Å². The lowest BCUT2D eigenvalue weighted by atomic mass is 9.80. The van der Waals surface area contributed by atoms with E-state index in [1.165, 1.54) is 0 Å². The molecule has 162 valence electrons. The highest BCUT2D eigenvalue weighted by Gasteiger charge is 2.40. The zero-order valence-corrected chi connectivity index (χ0v) is 18.3. The van der Waals surface area contributed by atoms with Gasteiger partial charge >= 0.3 is 0 Å². The first-order valence-corrected chi connectivity index (χ1v) is 10.9. The maximum absolute atomic E-state index is 12.6. The second kappa shape index (κ2) is 8.94. The van der Waals surface area contributed by atoms with Crippen LogP contribution >= 0.6 is 0 Å². The molecule has 7 heteroatoms. The van der Waals surface area contributed by atoms with E-state index in [0.29, 0.717) is 5.56 Å². The van der Waals surface area contributed by atoms with Gasteiger partial charge in [-0.3, -0.25) is 4.79 Å². The number of carbonyl (C=O) groups excluding carboxylic acids is 1. The molecular weight excluding hydrogens is 390 g/mol. The largest absolute Gasteiger partial charge is 0.378 e. The average Bonchev–Trinajstić information content (AvgIpc) is 2.81. The molecule has 2 aliphatic heterocycles. The van der Waals surface area contributed by atoms with Crippen molar-refractivity contribution < 1.29 is 9.53 Å². The van der Waals surface area contributed by atoms with Crippen LogP contribution in [0.4, 0.5) is 17.2 Å². The number of nitriles is 1. The zero-order valence-electron chi connectivity index (χ0n) is 18.3. The molecule has 0 bridgehead atoms. The number of nitrogens with zero attached hydrogens (tertiary/aromatic N) is 4. The molecule has 2 aromatic rings. The number of nitrogens with one attached hydrogen (secondary N) is 1. The van der Waals surface area contributed by atoms with Gasteiger partial charge in [0.15, 0.2) is 0 Å². The number of ether oxygens (including phenoxy) is 1. The standard InChI is InChI=1S/C24H29N5O2/c1-4-21-16(2)24(27-23-8-5-18(14-25)15-26-23)20-13-19(28-9-11-31-12-10-28)6-7-22(20)29(21)17(3)30/h5-8,13,15-16,21,24H,4,9-12H2,1-3H3,(H,26,27)/t16-,21-,24+/m0/s1. The quantitative estimate of drug-likeness (QED) is 0.813. The highest BCUT2D eigenvalue weighted by molar-refractivity contribution is 5.94. The van der Waals surface area contributed by atoms with E-state index in [1.807, 2.05) is 11.0 Å². The number of aromatic nitrogens is 1. The molecule has 1 aromatic heterocycles. The molecule has 0 spiro atoms. The molecule has 1 aromatic carbocycles. The lowest BCUT2D eigenvalue weighted by Crippen LogP contribution is -2.49. The molecule has 3 heterocycles. The lowest BCUT2D eigenvalue weighted by molar-refractivity contribution is -0.117. The van der Waals surface area contributed by atoms with Gasteiger partial charge in [-0.15, -0.1) is 0 Å². The van der Waals surface area contributed by atoms with Gasteiger partial charge in [-0.05, 0) is 36.8 Å². The Morgan fingerprint density at radius 3 is 2.68 bits per heavy atom. The van der Waals surface area contributed by atoms with Crippen LogP contribution in [0, 0.1) is 17.2 Å². The number of benzene rings is 1. The highest BCUT2D eigenvalue weighted by atomic mass is 16.5. The molecule has 1 saturated heterocycles. The molecule has 3 atom stereocenters. The van der Waals surface area contributed by atoms with E-state index in [4.69, 9.17) is 10.00 Å². The van der Waals surface area contributed by atoms with Gasteiger partial charge in [0.1, 0.15) is 11.9 Å². The molecule has 0 saturated carbocycles. The van der Waals surface area contributed by atoms with Gasteiger partial charge in [-0.25, -0.2) is 4.98 Å². The van der Waals surface area contributed by atoms with Crippen molar-refractivity contribution in [2.24, 2.45) is 5.92 Å². The van der Waals surface area contributed by atoms with E-state index in [-0.39, 0.29) is 23.9 Å². The molecule has 0 unspecified atom stereocenters. The van der Waals surface area contributed by atoms with Crippen molar-refractivity contribution in [2.45, 2.75) is 39.3 Å². The summed E-state index contributed by atoms with van der Waals surface area (Å²) < 4.78 is 5.51. The molecule has 0 radical (unpaired) electrons. The minimum atomic E-state index is -0.00280. The smallest absolute Gasteiger partial charge is 0.224 e. The fraction of sp³-hybridized carbons (Fsp3) is 0.458. The van der Waals surface area contributed by atoms with Gasteiger partial charge in [0.05, 0.1) is 24.8 Å². The minimum absolute atomic E-state index is 0.00280. The second-order valence-electron chi connectivity index (χ2n) is 8.23. The number of hydrogen-bond acceptors (Lipinski definition) is 6. The van der Waals surface area contributed by atoms with Gasteiger partial charge in [0.2, 0.25) is 5.91 Å². The maximum atomic E-state index is 12.6. The fourth-order valence-electron chi connectivity index (χ4n) is 4.82. The summed E-state index contributed by atoms with van der Waals surface area (Å²) in [6, 6.07) is 12.2. The molecule has 7 nitrogen and oxygen atoms in total. The Labute approximate surface area is 183 Å². The number of amides is 1. The molecular formula is C24H29N5O2. The summed E-state index contributed by atoms with van der Waals surface area (Å²) in [5.74, 6) is 0.970. The molecule has 1 amide bonds. The highest BCUT2D eigenvalue weighted by Crippen LogP contribution is 2.44. The lowest BCUT2D eigenvalue weighted by Gasteiger charge is -2.45. The Morgan fingerprint density at radius 2 is 2.06 bits per heavy atom. The average molecular weight is 420 g/mol. The Kier molecular flexibility index (Phi) is 6.10. The number of fused-ring (bicyclic) bond motifs is 1. The van der Waals surface area contributed by atoms with Crippen molar-refractivity contribution in [1.82, 2.24) is 4.98 Å². The van der Waals surface area contributed by atoms with Crippen molar-refractivity contribution in [3.05, 3.63) is 47.7 Å². The normalized spacial score (nSPS) is 23.1. The van der Waals surface area contributed by atoms with Gasteiger partial charge in [-0.2, -0.15) is 5.26 Å². The number of anilines is 3. The first-order valence-electron chi connectivity index (χ1n) is 10.9. The number of morpholine rings is 1. The van der Waals surface area contributed by atoms with E-state index in [9.17, 15) is 4.79 Å². The van der Waals surface area contributed by atoms with Crippen LogP contribution in [0.2, 0.25) is 0 Å². The van der Waals surface area contributed by atoms with Crippen LogP contribution in [0.3, 0.4) is 0 Å². The third-order valence-electron chi connectivity index (χ3n) is 6.40. The third-order valence-corrected chi connectivity index (χ3v) is 6.40. The monoisotopic (exact) mass is 419 g/mol. The van der Waals surface area contributed by atoms with Gasteiger partial charge in [-0.1, -0.05) is 13.8 Å². The van der Waals surface area contributed by atoms with Crippen LogP contribution in [0.25, 0.3) is 0 Å². The summed E-state index contributed by atoms with van der Waals surface area (Å²) in [6.45, 7) is 9.13. The first-order chi connectivity index (χ1) is 15.0. The van der Waals surface area contributed by atoms with Crippen molar-refractivity contribution in [1.29, 1.82) is 5.26 Å². The van der Waals surface area contributed by atoms with Crippen molar-refractivity contribution in [3.63, 3.8) is 0 Å². The summed E-state index contributed by atoms with van der Waals surface area (Å²) >= 11 is 0. The van der Waals surface area contributed by atoms with Crippen LogP contribution in [0.1, 0.15) is 44.4 Å². The number of carbonyl (C=O) groups is 1. The topological polar surface area (TPSA) is 81.5 Å². The number of hydrogen-bond donors (Lipinski definition) is 1. The molecule has 1 fully saturated rings. The van der Waals surface area contributed by atoms with Gasteiger partial charge in [0, 0.05) is 55.1 Å². The van der Waals surface area contributed by atoms with Crippen molar-refractivity contribution >= 4 is 23.1 Å². The maximum Gasteiger partial charge on any atom is 0.224 e. The molecule has 2 aliphatic rings. The summed E-state index contributed by atoms with van der Waals surface area (Å²) in [5, 5.41) is 12.7. The molecule has 31 heavy (non-hydrogen) atoms. The fourth-order valence-corrected chi connectivity index (χ4v) is 4.82. The van der Waals surface area contributed by atoms with E-state index in [0.717, 1.165) is 55.5 Å². The van der Waals surface area contributed by atoms with Crippen LogP contribution in [0.5, 0.6) is 0 Å².